The molecule has 64 valence electrons. The van der Waals surface area contributed by atoms with Crippen LogP contribution in [0.25, 0.3) is 0 Å². The van der Waals surface area contributed by atoms with Gasteiger partial charge in [0.05, 0.1) is 0 Å². The smallest absolute Gasteiger partial charge is 0.149 e. The van der Waals surface area contributed by atoms with Gasteiger partial charge >= 0.3 is 0 Å². The first-order valence-electron chi connectivity index (χ1n) is 3.59. The molecule has 0 saturated heterocycles. The summed E-state index contributed by atoms with van der Waals surface area (Å²) < 4.78 is 0. The zero-order chi connectivity index (χ0) is 9.70. The van der Waals surface area contributed by atoms with Crippen molar-refractivity contribution in [1.82, 2.24) is 0 Å². The fourth-order valence-corrected chi connectivity index (χ4v) is 0.234. The lowest BCUT2D eigenvalue weighted by molar-refractivity contribution is -0.104. The Balaban J connectivity index is -0.000000138. The molecule has 0 rings (SSSR count). The maximum atomic E-state index is 9.83. The van der Waals surface area contributed by atoms with Gasteiger partial charge in [-0.25, -0.2) is 0 Å². The second-order valence-electron chi connectivity index (χ2n) is 1.11. The number of carbonyl (C=O) groups excluding carboxylic acids is 1. The van der Waals surface area contributed by atoms with Gasteiger partial charge < -0.3 is 0 Å². The van der Waals surface area contributed by atoms with Crippen molar-refractivity contribution in [3.63, 3.8) is 0 Å². The van der Waals surface area contributed by atoms with Gasteiger partial charge in [0.15, 0.2) is 0 Å². The fourth-order valence-electron chi connectivity index (χ4n) is 0.234. The monoisotopic (exact) mass is 154 g/mol. The van der Waals surface area contributed by atoms with Gasteiger partial charge in [-0.3, -0.25) is 4.79 Å². The third kappa shape index (κ3) is 17.6. The van der Waals surface area contributed by atoms with E-state index in [2.05, 4.69) is 19.7 Å². The Morgan fingerprint density at radius 2 is 1.64 bits per heavy atom. The van der Waals surface area contributed by atoms with Crippen LogP contribution in [-0.2, 0) is 4.79 Å². The minimum absolute atomic E-state index is 0.639. The first-order chi connectivity index (χ1) is 5.35. The first-order valence-corrected chi connectivity index (χ1v) is 3.59. The molecule has 0 atom stereocenters. The molecule has 0 heterocycles. The number of hydrogen-bond donors (Lipinski definition) is 0. The van der Waals surface area contributed by atoms with Gasteiger partial charge in [0, 0.05) is 5.57 Å². The predicted octanol–water partition coefficient (Wildman–Crippen LogP) is 3.15. The predicted molar refractivity (Wildman–Crippen MR) is 52.6 cm³/mol. The van der Waals surface area contributed by atoms with E-state index in [0.717, 1.165) is 6.29 Å². The molecule has 0 spiro atoms. The van der Waals surface area contributed by atoms with Gasteiger partial charge in [0.1, 0.15) is 6.29 Å². The Labute approximate surface area is 70.1 Å². The summed E-state index contributed by atoms with van der Waals surface area (Å²) >= 11 is 0. The van der Waals surface area contributed by atoms with Crippen molar-refractivity contribution in [2.45, 2.75) is 20.8 Å². The molecule has 0 N–H and O–H groups in total. The van der Waals surface area contributed by atoms with Crippen LogP contribution in [0.5, 0.6) is 0 Å². The van der Waals surface area contributed by atoms with E-state index in [1.165, 1.54) is 6.08 Å². The van der Waals surface area contributed by atoms with Crippen LogP contribution in [0.1, 0.15) is 20.8 Å². The molecule has 0 aliphatic carbocycles. The number of allylic oxidation sites excluding steroid dienone is 3. The summed E-state index contributed by atoms with van der Waals surface area (Å²) in [5.74, 6) is 0. The summed E-state index contributed by atoms with van der Waals surface area (Å²) in [5, 5.41) is 0. The summed E-state index contributed by atoms with van der Waals surface area (Å²) in [7, 11) is 0. The van der Waals surface area contributed by atoms with E-state index < -0.39 is 0 Å². The second-order valence-corrected chi connectivity index (χ2v) is 1.11. The summed E-state index contributed by atoms with van der Waals surface area (Å²) in [6.45, 7) is 15.2. The molecule has 0 aromatic rings. The molecule has 0 amide bonds. The van der Waals surface area contributed by atoms with E-state index in [9.17, 15) is 4.79 Å². The molecule has 0 aromatic carbocycles. The molecule has 0 aromatic heterocycles. The largest absolute Gasteiger partial charge is 0.298 e. The van der Waals surface area contributed by atoms with Crippen LogP contribution in [-0.4, -0.2) is 6.29 Å². The molecular weight excluding hydrogens is 136 g/mol. The molecule has 1 nitrogen and oxygen atoms in total. The minimum atomic E-state index is 0.639. The quantitative estimate of drug-likeness (QED) is 0.258. The van der Waals surface area contributed by atoms with Gasteiger partial charge in [-0.05, 0) is 6.92 Å². The zero-order valence-electron chi connectivity index (χ0n) is 7.76. The Bertz CT molecular complexity index is 102. The van der Waals surface area contributed by atoms with Crippen molar-refractivity contribution in [1.29, 1.82) is 0 Å². The summed E-state index contributed by atoms with van der Waals surface area (Å²) in [6.07, 6.45) is 4.00. The highest BCUT2D eigenvalue weighted by Gasteiger charge is 1.77. The Kier molecular flexibility index (Phi) is 34.6. The van der Waals surface area contributed by atoms with Crippen molar-refractivity contribution < 1.29 is 4.79 Å². The molecule has 11 heavy (non-hydrogen) atoms. The maximum absolute atomic E-state index is 9.83. The molecule has 0 bridgehead atoms. The summed E-state index contributed by atoms with van der Waals surface area (Å²) in [4.78, 5) is 9.83. The van der Waals surface area contributed by atoms with Crippen LogP contribution in [0, 0.1) is 0 Å². The molecule has 0 aliphatic rings. The van der Waals surface area contributed by atoms with Gasteiger partial charge in [0.25, 0.3) is 0 Å². The van der Waals surface area contributed by atoms with Crippen molar-refractivity contribution in [2.75, 3.05) is 0 Å². The highest BCUT2D eigenvalue weighted by Crippen LogP contribution is 1.85. The third-order valence-electron chi connectivity index (χ3n) is 0.705. The van der Waals surface area contributed by atoms with Crippen molar-refractivity contribution in [3.05, 3.63) is 37.5 Å². The Hall–Kier alpha value is -1.11. The molecule has 0 radical (unpaired) electrons. The van der Waals surface area contributed by atoms with Gasteiger partial charge in [-0.15, -0.1) is 13.2 Å². The van der Waals surface area contributed by atoms with Crippen LogP contribution in [0.2, 0.25) is 0 Å². The number of aldehydes is 1. The molecule has 0 fully saturated rings. The standard InChI is InChI=1S/C6H8O.C2H6.C2H4/c1-3-6(4-2)5-7;2*1-2/h3-5H,1H2,2H3;1-2H3;1-2H2/b6-4+;;. The van der Waals surface area contributed by atoms with Gasteiger partial charge in [0.2, 0.25) is 0 Å². The normalized spacial score (nSPS) is 7.73. The lowest BCUT2D eigenvalue weighted by atomic mass is 10.3. The van der Waals surface area contributed by atoms with E-state index in [-0.39, 0.29) is 0 Å². The molecule has 1 heteroatoms. The van der Waals surface area contributed by atoms with Crippen LogP contribution in [0.3, 0.4) is 0 Å². The first kappa shape index (κ1) is 16.5. The fraction of sp³-hybridized carbons (Fsp3) is 0.300. The highest BCUT2D eigenvalue weighted by atomic mass is 16.1. The number of hydrogen-bond acceptors (Lipinski definition) is 1. The molecule has 0 saturated carbocycles. The van der Waals surface area contributed by atoms with Gasteiger partial charge in [-0.1, -0.05) is 32.6 Å². The molecule has 0 aliphatic heterocycles. The summed E-state index contributed by atoms with van der Waals surface area (Å²) in [6, 6.07) is 0. The van der Waals surface area contributed by atoms with E-state index in [1.807, 2.05) is 13.8 Å². The minimum Gasteiger partial charge on any atom is -0.298 e. The average molecular weight is 154 g/mol. The van der Waals surface area contributed by atoms with E-state index >= 15 is 0 Å². The maximum Gasteiger partial charge on any atom is 0.149 e. The average Bonchev–Trinajstić information content (AvgIpc) is 2.14. The van der Waals surface area contributed by atoms with E-state index in [1.54, 1.807) is 13.0 Å². The molecular formula is C10H18O. The van der Waals surface area contributed by atoms with Crippen LogP contribution in [0.15, 0.2) is 37.5 Å². The van der Waals surface area contributed by atoms with Crippen molar-refractivity contribution in [2.24, 2.45) is 0 Å². The van der Waals surface area contributed by atoms with Crippen LogP contribution >= 0.6 is 0 Å². The molecule has 0 unspecified atom stereocenters. The number of rotatable bonds is 2. The zero-order valence-corrected chi connectivity index (χ0v) is 7.76. The lowest BCUT2D eigenvalue weighted by Gasteiger charge is -1.77. The van der Waals surface area contributed by atoms with Gasteiger partial charge in [-0.2, -0.15) is 0 Å². The van der Waals surface area contributed by atoms with Crippen molar-refractivity contribution >= 4 is 6.29 Å². The van der Waals surface area contributed by atoms with Crippen LogP contribution < -0.4 is 0 Å². The van der Waals surface area contributed by atoms with Crippen LogP contribution in [0.4, 0.5) is 0 Å². The van der Waals surface area contributed by atoms with E-state index in [4.69, 9.17) is 0 Å². The SMILES string of the molecule is C=C.C=C/C(C=O)=C\C.CC. The number of carbonyl (C=O) groups is 1. The van der Waals surface area contributed by atoms with Crippen molar-refractivity contribution in [3.8, 4) is 0 Å². The lowest BCUT2D eigenvalue weighted by Crippen LogP contribution is -1.72. The summed E-state index contributed by atoms with van der Waals surface area (Å²) in [5.41, 5.74) is 0.639. The second kappa shape index (κ2) is 23.1. The topological polar surface area (TPSA) is 17.1 Å². The van der Waals surface area contributed by atoms with E-state index in [0.29, 0.717) is 5.57 Å². The Morgan fingerprint density at radius 1 is 1.27 bits per heavy atom. The highest BCUT2D eigenvalue weighted by molar-refractivity contribution is 5.76. The Morgan fingerprint density at radius 3 is 1.64 bits per heavy atom. The third-order valence-corrected chi connectivity index (χ3v) is 0.705.